The van der Waals surface area contributed by atoms with Gasteiger partial charge in [0.25, 0.3) is 5.56 Å². The molecule has 12 heteroatoms. The molecule has 1 atom stereocenters. The van der Waals surface area contributed by atoms with Crippen LogP contribution in [0, 0.1) is 5.92 Å². The minimum Gasteiger partial charge on any atom is -0.373 e. The van der Waals surface area contributed by atoms with Crippen LogP contribution in [0.4, 0.5) is 17.3 Å². The van der Waals surface area contributed by atoms with Crippen molar-refractivity contribution in [3.8, 4) is 0 Å². The molecule has 0 aromatic carbocycles. The molecule has 1 saturated heterocycles. The van der Waals surface area contributed by atoms with E-state index in [0.717, 1.165) is 12.8 Å². The number of hydrogen-bond donors (Lipinski definition) is 4. The molecule has 2 aromatic heterocycles. The highest BCUT2D eigenvalue weighted by molar-refractivity contribution is 7.86. The molecule has 1 aliphatic carbocycles. The van der Waals surface area contributed by atoms with E-state index in [1.807, 2.05) is 0 Å². The van der Waals surface area contributed by atoms with Gasteiger partial charge in [-0.15, -0.1) is 0 Å². The maximum absolute atomic E-state index is 13.1. The fourth-order valence-corrected chi connectivity index (χ4v) is 5.37. The van der Waals surface area contributed by atoms with E-state index in [-0.39, 0.29) is 39.7 Å². The average Bonchev–Trinajstić information content (AvgIpc) is 3.44. The summed E-state index contributed by atoms with van der Waals surface area (Å²) < 4.78 is 13.1. The van der Waals surface area contributed by atoms with E-state index in [4.69, 9.17) is 11.6 Å². The molecule has 2 fully saturated rings. The molecule has 4 N–H and O–H groups in total. The Morgan fingerprint density at radius 2 is 2.03 bits per heavy atom. The first-order chi connectivity index (χ1) is 13.9. The SMILES string of the molecule is O=C(Nc1cc(Nc2cc(Cl)c3n(c2=O)C2(CS(=O)C2)NC3O)ncn1)C1CC1. The van der Waals surface area contributed by atoms with Crippen molar-refractivity contribution < 1.29 is 14.1 Å². The summed E-state index contributed by atoms with van der Waals surface area (Å²) in [5.41, 5.74) is -0.941. The Morgan fingerprint density at radius 3 is 2.72 bits per heavy atom. The van der Waals surface area contributed by atoms with E-state index in [1.54, 1.807) is 0 Å². The first-order valence-electron chi connectivity index (χ1n) is 9.03. The number of aromatic nitrogens is 3. The summed E-state index contributed by atoms with van der Waals surface area (Å²) in [6.45, 7) is 0. The Kier molecular flexibility index (Phi) is 4.24. The summed E-state index contributed by atoms with van der Waals surface area (Å²) in [7, 11) is -1.07. The van der Waals surface area contributed by atoms with E-state index in [0.29, 0.717) is 11.6 Å². The van der Waals surface area contributed by atoms with Gasteiger partial charge >= 0.3 is 0 Å². The zero-order chi connectivity index (χ0) is 20.3. The third kappa shape index (κ3) is 3.14. The molecule has 4 heterocycles. The van der Waals surface area contributed by atoms with Gasteiger partial charge in [0.15, 0.2) is 0 Å². The van der Waals surface area contributed by atoms with Crippen LogP contribution in [0.15, 0.2) is 23.3 Å². The van der Waals surface area contributed by atoms with Crippen LogP contribution in [0.1, 0.15) is 24.8 Å². The highest BCUT2D eigenvalue weighted by Gasteiger charge is 2.53. The Morgan fingerprint density at radius 1 is 1.31 bits per heavy atom. The van der Waals surface area contributed by atoms with Crippen molar-refractivity contribution in [2.75, 3.05) is 22.1 Å². The molecular weight excluding hydrogens is 420 g/mol. The molecule has 1 spiro atoms. The van der Waals surface area contributed by atoms with Crippen LogP contribution in [0.2, 0.25) is 5.02 Å². The third-order valence-electron chi connectivity index (χ3n) is 5.21. The highest BCUT2D eigenvalue weighted by atomic mass is 35.5. The predicted molar refractivity (Wildman–Crippen MR) is 106 cm³/mol. The lowest BCUT2D eigenvalue weighted by molar-refractivity contribution is -0.117. The topological polar surface area (TPSA) is 138 Å². The van der Waals surface area contributed by atoms with Crippen molar-refractivity contribution >= 4 is 45.6 Å². The smallest absolute Gasteiger partial charge is 0.276 e. The van der Waals surface area contributed by atoms with Crippen LogP contribution in [0.3, 0.4) is 0 Å². The summed E-state index contributed by atoms with van der Waals surface area (Å²) in [6.07, 6.45) is 1.90. The van der Waals surface area contributed by atoms with Crippen molar-refractivity contribution in [3.05, 3.63) is 39.5 Å². The quantitative estimate of drug-likeness (QED) is 0.540. The number of amides is 1. The van der Waals surface area contributed by atoms with Gasteiger partial charge in [-0.3, -0.25) is 23.7 Å². The van der Waals surface area contributed by atoms with Crippen LogP contribution >= 0.6 is 11.6 Å². The van der Waals surface area contributed by atoms with Gasteiger partial charge in [-0.2, -0.15) is 0 Å². The van der Waals surface area contributed by atoms with E-state index in [9.17, 15) is 18.9 Å². The van der Waals surface area contributed by atoms with E-state index in [1.165, 1.54) is 23.0 Å². The number of nitrogens with zero attached hydrogens (tertiary/aromatic N) is 3. The Bertz CT molecular complexity index is 1110. The van der Waals surface area contributed by atoms with E-state index >= 15 is 0 Å². The number of rotatable bonds is 4. The number of carbonyl (C=O) groups is 1. The van der Waals surface area contributed by atoms with Crippen molar-refractivity contribution in [1.82, 2.24) is 19.9 Å². The van der Waals surface area contributed by atoms with Gasteiger partial charge in [-0.05, 0) is 18.9 Å². The Labute approximate surface area is 172 Å². The molecule has 1 amide bonds. The minimum atomic E-state index is -1.12. The van der Waals surface area contributed by atoms with Gasteiger partial charge in [0.05, 0.1) is 22.2 Å². The molecule has 1 unspecified atom stereocenters. The van der Waals surface area contributed by atoms with Crippen LogP contribution in [-0.2, 0) is 21.3 Å². The van der Waals surface area contributed by atoms with Gasteiger partial charge in [0.2, 0.25) is 5.91 Å². The third-order valence-corrected chi connectivity index (χ3v) is 7.11. The molecule has 1 saturated carbocycles. The molecule has 3 aliphatic rings. The second-order valence-corrected chi connectivity index (χ2v) is 9.28. The summed E-state index contributed by atoms with van der Waals surface area (Å²) in [6, 6.07) is 2.94. The first kappa shape index (κ1) is 18.7. The van der Waals surface area contributed by atoms with Crippen molar-refractivity contribution in [2.45, 2.75) is 24.7 Å². The lowest BCUT2D eigenvalue weighted by Gasteiger charge is -2.39. The van der Waals surface area contributed by atoms with Crippen molar-refractivity contribution in [2.24, 2.45) is 5.92 Å². The largest absolute Gasteiger partial charge is 0.373 e. The summed E-state index contributed by atoms with van der Waals surface area (Å²) >= 11 is 6.33. The lowest BCUT2D eigenvalue weighted by atomic mass is 10.2. The average molecular weight is 437 g/mol. The van der Waals surface area contributed by atoms with Gasteiger partial charge in [0, 0.05) is 22.8 Å². The Hall–Kier alpha value is -2.34. The van der Waals surface area contributed by atoms with Crippen molar-refractivity contribution in [1.29, 1.82) is 0 Å². The maximum Gasteiger partial charge on any atom is 0.276 e. The summed E-state index contributed by atoms with van der Waals surface area (Å²) in [5.74, 6) is 0.996. The molecule has 2 aromatic rings. The number of aliphatic hydroxyl groups is 1. The molecule has 0 bridgehead atoms. The molecule has 0 radical (unpaired) electrons. The van der Waals surface area contributed by atoms with Gasteiger partial charge in [0.1, 0.15) is 35.5 Å². The zero-order valence-corrected chi connectivity index (χ0v) is 16.6. The normalized spacial score (nSPS) is 27.4. The number of pyridine rings is 1. The second-order valence-electron chi connectivity index (χ2n) is 7.42. The standard InChI is InChI=1S/C17H17ClN6O4S/c18-9-3-10(16(27)24-13(9)15(26)23-17(24)5-29(28)6-17)21-11-4-12(20-7-19-11)22-14(25)8-1-2-8/h3-4,7-8,15,23,26H,1-2,5-6H2,(H2,19,20,21,22,25). The summed E-state index contributed by atoms with van der Waals surface area (Å²) in [5, 5.41) is 19.0. The first-order valence-corrected chi connectivity index (χ1v) is 10.9. The lowest BCUT2D eigenvalue weighted by Crippen LogP contribution is -2.62. The molecule has 2 aliphatic heterocycles. The van der Waals surface area contributed by atoms with Crippen LogP contribution in [-0.4, -0.2) is 41.3 Å². The number of anilines is 3. The monoisotopic (exact) mass is 436 g/mol. The number of halogens is 1. The zero-order valence-electron chi connectivity index (χ0n) is 15.0. The molecule has 10 nitrogen and oxygen atoms in total. The number of hydrogen-bond acceptors (Lipinski definition) is 8. The number of fused-ring (bicyclic) bond motifs is 2. The van der Waals surface area contributed by atoms with Gasteiger partial charge < -0.3 is 15.7 Å². The molecule has 152 valence electrons. The van der Waals surface area contributed by atoms with Crippen molar-refractivity contribution in [3.63, 3.8) is 0 Å². The van der Waals surface area contributed by atoms with E-state index in [2.05, 4.69) is 25.9 Å². The molecule has 5 rings (SSSR count). The summed E-state index contributed by atoms with van der Waals surface area (Å²) in [4.78, 5) is 33.1. The minimum absolute atomic E-state index is 0.0321. The van der Waals surface area contributed by atoms with Gasteiger partial charge in [-0.25, -0.2) is 9.97 Å². The fourth-order valence-electron chi connectivity index (χ4n) is 3.66. The van der Waals surface area contributed by atoms with Crippen LogP contribution < -0.4 is 21.5 Å². The van der Waals surface area contributed by atoms with Crippen LogP contribution in [0.5, 0.6) is 0 Å². The predicted octanol–water partition coefficient (Wildman–Crippen LogP) is 0.393. The molecular formula is C17H17ClN6O4S. The number of nitrogens with one attached hydrogen (secondary N) is 3. The Balaban J connectivity index is 1.47. The number of aliphatic hydroxyl groups excluding tert-OH is 1. The maximum atomic E-state index is 13.1. The molecule has 29 heavy (non-hydrogen) atoms. The van der Waals surface area contributed by atoms with E-state index < -0.39 is 28.2 Å². The highest BCUT2D eigenvalue weighted by Crippen LogP contribution is 2.39. The second kappa shape index (κ2) is 6.59. The van der Waals surface area contributed by atoms with Gasteiger partial charge in [-0.1, -0.05) is 11.6 Å². The fraction of sp³-hybridized carbons (Fsp3) is 0.412. The van der Waals surface area contributed by atoms with Crippen LogP contribution in [0.25, 0.3) is 0 Å². The number of carbonyl (C=O) groups excluding carboxylic acids is 1.